The number of carbonyl (C=O) groups is 2. The van der Waals surface area contributed by atoms with Crippen LogP contribution in [-0.4, -0.2) is 63.8 Å². The Morgan fingerprint density at radius 3 is 2.94 bits per heavy atom. The maximum atomic E-state index is 12.3. The molecule has 8 heteroatoms. The van der Waals surface area contributed by atoms with E-state index in [1.165, 1.54) is 18.9 Å². The minimum atomic E-state index is -0.715. The van der Waals surface area contributed by atoms with Gasteiger partial charge in [-0.3, -0.25) is 9.59 Å². The van der Waals surface area contributed by atoms with Crippen LogP contribution in [0.1, 0.15) is 25.0 Å². The van der Waals surface area contributed by atoms with E-state index in [9.17, 15) is 19.8 Å². The highest BCUT2D eigenvalue weighted by atomic mass is 32.2. The lowest BCUT2D eigenvalue weighted by Gasteiger charge is -2.17. The van der Waals surface area contributed by atoms with Crippen LogP contribution in [0.5, 0.6) is 0 Å². The number of ether oxygens (including phenoxy) is 1. The van der Waals surface area contributed by atoms with Crippen LogP contribution in [0.2, 0.25) is 0 Å². The number of methoxy groups -OCH3 is 1. The number of fused-ring (bicyclic) bond motifs is 1. The van der Waals surface area contributed by atoms with E-state index in [1.807, 2.05) is 30.3 Å². The molecule has 0 aliphatic heterocycles. The molecule has 174 valence electrons. The first-order valence-electron chi connectivity index (χ1n) is 10.8. The van der Waals surface area contributed by atoms with Crippen LogP contribution in [0.4, 0.5) is 0 Å². The third-order valence-corrected chi connectivity index (χ3v) is 7.90. The van der Waals surface area contributed by atoms with Crippen LogP contribution in [0.3, 0.4) is 0 Å². The molecule has 1 fully saturated rings. The van der Waals surface area contributed by atoms with Gasteiger partial charge in [-0.05, 0) is 36.5 Å². The fourth-order valence-electron chi connectivity index (χ4n) is 3.70. The van der Waals surface area contributed by atoms with Gasteiger partial charge in [-0.15, -0.1) is 11.8 Å². The van der Waals surface area contributed by atoms with Crippen molar-refractivity contribution in [1.29, 1.82) is 0 Å². The molecule has 2 aromatic rings. The van der Waals surface area contributed by atoms with Crippen molar-refractivity contribution < 1.29 is 29.0 Å². The largest absolute Gasteiger partial charge is 0.468 e. The monoisotopic (exact) mass is 478 g/mol. The van der Waals surface area contributed by atoms with Crippen LogP contribution < -0.4 is 0 Å². The Morgan fingerprint density at radius 1 is 1.34 bits per heavy atom. The summed E-state index contributed by atoms with van der Waals surface area (Å²) in [6.07, 6.45) is 4.22. The highest BCUT2D eigenvalue weighted by Crippen LogP contribution is 2.34. The van der Waals surface area contributed by atoms with Crippen molar-refractivity contribution in [3.63, 3.8) is 0 Å². The molecule has 0 bridgehead atoms. The smallest absolute Gasteiger partial charge is 0.315 e. The molecule has 32 heavy (non-hydrogen) atoms. The molecule has 1 aliphatic rings. The standard InChI is InChI=1S/C24H30O6S2/c1-29-23(28)15-31-11-4-12-32-24-19(20(26)14-21(24)27)10-8-17(25)7-9-18-13-16-5-2-3-6-22(16)30-18/h2-3,5-6,8,10,13,17,19-20,24-26H,4,7,9,11-12,14-15H2,1H3/t17-,19-,20+,24+/m0/s1. The second kappa shape index (κ2) is 12.5. The van der Waals surface area contributed by atoms with Crippen molar-refractivity contribution in [1.82, 2.24) is 0 Å². The zero-order valence-corrected chi connectivity index (χ0v) is 19.8. The maximum absolute atomic E-state index is 12.3. The molecule has 0 radical (unpaired) electrons. The summed E-state index contributed by atoms with van der Waals surface area (Å²) < 4.78 is 10.4. The van der Waals surface area contributed by atoms with Crippen molar-refractivity contribution in [3.05, 3.63) is 48.2 Å². The molecule has 3 rings (SSSR count). The number of hydrogen-bond donors (Lipinski definition) is 2. The average molecular weight is 479 g/mol. The van der Waals surface area contributed by atoms with Gasteiger partial charge in [0.1, 0.15) is 17.1 Å². The summed E-state index contributed by atoms with van der Waals surface area (Å²) in [4.78, 5) is 23.4. The molecule has 0 unspecified atom stereocenters. The van der Waals surface area contributed by atoms with Crippen molar-refractivity contribution in [2.75, 3.05) is 24.4 Å². The Balaban J connectivity index is 1.44. The summed E-state index contributed by atoms with van der Waals surface area (Å²) in [5.41, 5.74) is 0.837. The Labute approximate surface area is 196 Å². The summed E-state index contributed by atoms with van der Waals surface area (Å²) in [5, 5.41) is 21.5. The Kier molecular flexibility index (Phi) is 9.71. The maximum Gasteiger partial charge on any atom is 0.315 e. The molecule has 4 atom stereocenters. The summed E-state index contributed by atoms with van der Waals surface area (Å²) in [7, 11) is 1.37. The number of carbonyl (C=O) groups excluding carboxylic acids is 2. The molecule has 2 N–H and O–H groups in total. The lowest BCUT2D eigenvalue weighted by molar-refractivity contribution is -0.137. The highest BCUT2D eigenvalue weighted by Gasteiger charge is 2.40. The molecule has 6 nitrogen and oxygen atoms in total. The van der Waals surface area contributed by atoms with E-state index >= 15 is 0 Å². The normalized spacial score (nSPS) is 22.1. The van der Waals surface area contributed by atoms with Gasteiger partial charge in [-0.2, -0.15) is 11.8 Å². The summed E-state index contributed by atoms with van der Waals surface area (Å²) in [6.45, 7) is 0. The molecular weight excluding hydrogens is 448 g/mol. The van der Waals surface area contributed by atoms with Crippen LogP contribution in [-0.2, 0) is 20.7 Å². The molecule has 1 heterocycles. The van der Waals surface area contributed by atoms with E-state index in [0.29, 0.717) is 18.6 Å². The number of esters is 1. The van der Waals surface area contributed by atoms with Crippen LogP contribution >= 0.6 is 23.5 Å². The first-order chi connectivity index (χ1) is 15.5. The third-order valence-electron chi connectivity index (χ3n) is 5.42. The van der Waals surface area contributed by atoms with Crippen molar-refractivity contribution in [2.24, 2.45) is 5.92 Å². The molecule has 0 amide bonds. The molecule has 1 aromatic heterocycles. The molecule has 0 saturated heterocycles. The number of ketones is 1. The van der Waals surface area contributed by atoms with Gasteiger partial charge in [0.2, 0.25) is 0 Å². The summed E-state index contributed by atoms with van der Waals surface area (Å²) >= 11 is 3.06. The number of benzene rings is 1. The predicted molar refractivity (Wildman–Crippen MR) is 129 cm³/mol. The van der Waals surface area contributed by atoms with Crippen molar-refractivity contribution in [3.8, 4) is 0 Å². The van der Waals surface area contributed by atoms with E-state index in [0.717, 1.165) is 34.7 Å². The van der Waals surface area contributed by atoms with Gasteiger partial charge in [0.05, 0.1) is 30.3 Å². The highest BCUT2D eigenvalue weighted by molar-refractivity contribution is 8.01. The number of furan rings is 1. The minimum Gasteiger partial charge on any atom is -0.468 e. The lowest BCUT2D eigenvalue weighted by atomic mass is 10.0. The Bertz CT molecular complexity index is 891. The minimum absolute atomic E-state index is 0.0520. The third kappa shape index (κ3) is 7.13. The fraction of sp³-hybridized carbons (Fsp3) is 0.500. The summed E-state index contributed by atoms with van der Waals surface area (Å²) in [5.74, 6) is 2.27. The number of aliphatic hydroxyl groups excluding tert-OH is 2. The SMILES string of the molecule is COC(=O)CSCCCS[C@H]1C(=O)C[C@@H](O)[C@@H]1C=C[C@@H](O)CCc1cc2ccccc2o1. The van der Waals surface area contributed by atoms with E-state index in [1.54, 1.807) is 23.9 Å². The topological polar surface area (TPSA) is 97.0 Å². The lowest BCUT2D eigenvalue weighted by Crippen LogP contribution is -2.22. The van der Waals surface area contributed by atoms with Crippen LogP contribution in [0, 0.1) is 5.92 Å². The zero-order chi connectivity index (χ0) is 22.9. The second-order valence-corrected chi connectivity index (χ2v) is 10.2. The van der Waals surface area contributed by atoms with Crippen LogP contribution in [0.15, 0.2) is 46.9 Å². The van der Waals surface area contributed by atoms with Crippen molar-refractivity contribution in [2.45, 2.75) is 43.1 Å². The molecular formula is C24H30O6S2. The average Bonchev–Trinajstić information content (AvgIpc) is 3.32. The second-order valence-electron chi connectivity index (χ2n) is 7.83. The van der Waals surface area contributed by atoms with E-state index < -0.39 is 12.2 Å². The number of aryl methyl sites for hydroxylation is 1. The fourth-order valence-corrected chi connectivity index (χ4v) is 6.00. The van der Waals surface area contributed by atoms with Crippen LogP contribution in [0.25, 0.3) is 11.0 Å². The quantitative estimate of drug-likeness (QED) is 0.271. The first kappa shape index (κ1) is 24.9. The van der Waals surface area contributed by atoms with Crippen molar-refractivity contribution >= 4 is 46.2 Å². The first-order valence-corrected chi connectivity index (χ1v) is 13.0. The van der Waals surface area contributed by atoms with Gasteiger partial charge in [0.15, 0.2) is 0 Å². The number of Topliss-reactive ketones (excluding diaryl/α,β-unsaturated/α-hetero) is 1. The number of aliphatic hydroxyl groups is 2. The van der Waals surface area contributed by atoms with Gasteiger partial charge < -0.3 is 19.4 Å². The Hall–Kier alpha value is -1.74. The number of hydrogen-bond acceptors (Lipinski definition) is 8. The summed E-state index contributed by atoms with van der Waals surface area (Å²) in [6, 6.07) is 9.79. The van der Waals surface area contributed by atoms with Gasteiger partial charge >= 0.3 is 5.97 Å². The zero-order valence-electron chi connectivity index (χ0n) is 18.1. The molecule has 1 aliphatic carbocycles. The number of rotatable bonds is 12. The van der Waals surface area contributed by atoms with Gasteiger partial charge in [0.25, 0.3) is 0 Å². The van der Waals surface area contributed by atoms with Gasteiger partial charge in [0, 0.05) is 24.1 Å². The Morgan fingerprint density at radius 2 is 2.16 bits per heavy atom. The van der Waals surface area contributed by atoms with E-state index in [4.69, 9.17) is 4.42 Å². The molecule has 0 spiro atoms. The van der Waals surface area contributed by atoms with E-state index in [-0.39, 0.29) is 29.3 Å². The van der Waals surface area contributed by atoms with E-state index in [2.05, 4.69) is 4.74 Å². The number of para-hydroxylation sites is 1. The molecule has 1 saturated carbocycles. The van der Waals surface area contributed by atoms with Gasteiger partial charge in [-0.1, -0.05) is 30.4 Å². The number of thioether (sulfide) groups is 2. The molecule has 1 aromatic carbocycles. The van der Waals surface area contributed by atoms with Gasteiger partial charge in [-0.25, -0.2) is 0 Å². The predicted octanol–water partition coefficient (Wildman–Crippen LogP) is 3.63.